The molecule has 2 heterocycles. The van der Waals surface area contributed by atoms with E-state index in [9.17, 15) is 9.59 Å². The molecular formula is C15H21N3O3. The number of carboxylic acid groups (broad SMARTS) is 1. The number of hydrogen-bond donors (Lipinski definition) is 2. The van der Waals surface area contributed by atoms with E-state index in [1.54, 1.807) is 11.1 Å². The lowest BCUT2D eigenvalue weighted by Crippen LogP contribution is -2.49. The first kappa shape index (κ1) is 15.3. The molecule has 1 aliphatic rings. The van der Waals surface area contributed by atoms with Crippen LogP contribution in [-0.4, -0.2) is 40.1 Å². The Kier molecular flexibility index (Phi) is 4.77. The van der Waals surface area contributed by atoms with Crippen molar-refractivity contribution in [3.8, 4) is 0 Å². The fourth-order valence-electron chi connectivity index (χ4n) is 2.70. The maximum Gasteiger partial charge on any atom is 0.317 e. The van der Waals surface area contributed by atoms with E-state index in [-0.39, 0.29) is 18.5 Å². The third kappa shape index (κ3) is 4.18. The van der Waals surface area contributed by atoms with Crippen LogP contribution < -0.4 is 5.32 Å². The average molecular weight is 291 g/mol. The molecular weight excluding hydrogens is 270 g/mol. The van der Waals surface area contributed by atoms with Gasteiger partial charge < -0.3 is 15.3 Å². The van der Waals surface area contributed by atoms with Gasteiger partial charge in [0.1, 0.15) is 0 Å². The van der Waals surface area contributed by atoms with Crippen LogP contribution in [0.25, 0.3) is 0 Å². The number of pyridine rings is 1. The molecule has 0 saturated carbocycles. The monoisotopic (exact) mass is 291 g/mol. The van der Waals surface area contributed by atoms with E-state index in [2.05, 4.69) is 10.3 Å². The van der Waals surface area contributed by atoms with E-state index in [0.29, 0.717) is 19.5 Å². The van der Waals surface area contributed by atoms with Gasteiger partial charge in [0.05, 0.1) is 5.92 Å². The Morgan fingerprint density at radius 2 is 2.24 bits per heavy atom. The second kappa shape index (κ2) is 6.56. The van der Waals surface area contributed by atoms with Gasteiger partial charge in [0.25, 0.3) is 0 Å². The quantitative estimate of drug-likeness (QED) is 0.887. The number of likely N-dealkylation sites (tertiary alicyclic amines) is 1. The second-order valence-corrected chi connectivity index (χ2v) is 5.75. The summed E-state index contributed by atoms with van der Waals surface area (Å²) in [6, 6.07) is 3.56. The van der Waals surface area contributed by atoms with E-state index in [1.165, 1.54) is 0 Å². The first-order chi connectivity index (χ1) is 9.95. The molecule has 114 valence electrons. The number of aliphatic carboxylic acids is 1. The van der Waals surface area contributed by atoms with Crippen molar-refractivity contribution in [1.82, 2.24) is 15.2 Å². The van der Waals surface area contributed by atoms with Gasteiger partial charge in [-0.1, -0.05) is 6.92 Å². The predicted octanol–water partition coefficient (Wildman–Crippen LogP) is 1.64. The van der Waals surface area contributed by atoms with E-state index in [4.69, 9.17) is 5.11 Å². The molecule has 2 atom stereocenters. The zero-order valence-electron chi connectivity index (χ0n) is 12.4. The predicted molar refractivity (Wildman–Crippen MR) is 77.7 cm³/mol. The van der Waals surface area contributed by atoms with Crippen molar-refractivity contribution >= 4 is 12.0 Å². The second-order valence-electron chi connectivity index (χ2n) is 5.75. The highest BCUT2D eigenvalue weighted by molar-refractivity contribution is 5.76. The smallest absolute Gasteiger partial charge is 0.317 e. The van der Waals surface area contributed by atoms with Crippen molar-refractivity contribution in [1.29, 1.82) is 0 Å². The fourth-order valence-corrected chi connectivity index (χ4v) is 2.70. The Morgan fingerprint density at radius 3 is 2.90 bits per heavy atom. The molecule has 0 aliphatic carbocycles. The summed E-state index contributed by atoms with van der Waals surface area (Å²) in [5.41, 5.74) is 1.88. The van der Waals surface area contributed by atoms with Gasteiger partial charge in [0.15, 0.2) is 0 Å². The summed E-state index contributed by atoms with van der Waals surface area (Å²) in [7, 11) is 0. The molecule has 6 heteroatoms. The molecule has 0 radical (unpaired) electrons. The van der Waals surface area contributed by atoms with Crippen LogP contribution in [0.3, 0.4) is 0 Å². The Hall–Kier alpha value is -2.11. The van der Waals surface area contributed by atoms with Gasteiger partial charge in [-0.3, -0.25) is 9.78 Å². The molecule has 1 fully saturated rings. The SMILES string of the molecule is Cc1cc(CNC(=O)N2CC(C)CC(C(=O)O)C2)ccn1. The number of urea groups is 1. The van der Waals surface area contributed by atoms with Gasteiger partial charge in [0.2, 0.25) is 0 Å². The topological polar surface area (TPSA) is 82.5 Å². The Balaban J connectivity index is 1.92. The highest BCUT2D eigenvalue weighted by atomic mass is 16.4. The van der Waals surface area contributed by atoms with Crippen LogP contribution in [0.2, 0.25) is 0 Å². The van der Waals surface area contributed by atoms with Crippen molar-refractivity contribution in [2.45, 2.75) is 26.8 Å². The van der Waals surface area contributed by atoms with Crippen molar-refractivity contribution in [2.75, 3.05) is 13.1 Å². The standard InChI is InChI=1S/C15H21N3O3/c1-10-5-13(14(19)20)9-18(8-10)15(21)17-7-12-3-4-16-11(2)6-12/h3-4,6,10,13H,5,7-9H2,1-2H3,(H,17,21)(H,19,20). The minimum absolute atomic E-state index is 0.203. The first-order valence-corrected chi connectivity index (χ1v) is 7.13. The highest BCUT2D eigenvalue weighted by Gasteiger charge is 2.31. The average Bonchev–Trinajstić information content (AvgIpc) is 2.44. The van der Waals surface area contributed by atoms with E-state index in [0.717, 1.165) is 11.3 Å². The van der Waals surface area contributed by atoms with Crippen LogP contribution in [0.1, 0.15) is 24.6 Å². The molecule has 1 aliphatic heterocycles. The Labute approximate surface area is 124 Å². The fraction of sp³-hybridized carbons (Fsp3) is 0.533. The normalized spacial score (nSPS) is 21.9. The summed E-state index contributed by atoms with van der Waals surface area (Å²) >= 11 is 0. The first-order valence-electron chi connectivity index (χ1n) is 7.13. The number of hydrogen-bond acceptors (Lipinski definition) is 3. The molecule has 2 amide bonds. The molecule has 1 saturated heterocycles. The van der Waals surface area contributed by atoms with Crippen molar-refractivity contribution in [2.24, 2.45) is 11.8 Å². The third-order valence-electron chi connectivity index (χ3n) is 3.70. The Bertz CT molecular complexity index is 533. The molecule has 21 heavy (non-hydrogen) atoms. The number of aryl methyl sites for hydroxylation is 1. The van der Waals surface area contributed by atoms with Crippen LogP contribution in [0, 0.1) is 18.8 Å². The van der Waals surface area contributed by atoms with Crippen LogP contribution in [0.5, 0.6) is 0 Å². The lowest BCUT2D eigenvalue weighted by Gasteiger charge is -2.34. The van der Waals surface area contributed by atoms with Crippen LogP contribution in [0.15, 0.2) is 18.3 Å². The maximum atomic E-state index is 12.2. The van der Waals surface area contributed by atoms with Crippen molar-refractivity contribution < 1.29 is 14.7 Å². The molecule has 2 N–H and O–H groups in total. The van der Waals surface area contributed by atoms with E-state index < -0.39 is 11.9 Å². The number of carbonyl (C=O) groups is 2. The molecule has 1 aromatic heterocycles. The summed E-state index contributed by atoms with van der Waals surface area (Å²) in [5, 5.41) is 12.0. The largest absolute Gasteiger partial charge is 0.481 e. The number of carbonyl (C=O) groups excluding carboxylic acids is 1. The van der Waals surface area contributed by atoms with Gasteiger partial charge in [-0.05, 0) is 37.0 Å². The van der Waals surface area contributed by atoms with E-state index in [1.807, 2.05) is 26.0 Å². The third-order valence-corrected chi connectivity index (χ3v) is 3.70. The van der Waals surface area contributed by atoms with Gasteiger partial charge in [-0.2, -0.15) is 0 Å². The minimum Gasteiger partial charge on any atom is -0.481 e. The van der Waals surface area contributed by atoms with Gasteiger partial charge in [-0.15, -0.1) is 0 Å². The molecule has 0 spiro atoms. The zero-order chi connectivity index (χ0) is 15.4. The van der Waals surface area contributed by atoms with Crippen LogP contribution >= 0.6 is 0 Å². The molecule has 0 aromatic carbocycles. The number of nitrogens with one attached hydrogen (secondary N) is 1. The zero-order valence-corrected chi connectivity index (χ0v) is 12.4. The van der Waals surface area contributed by atoms with Crippen LogP contribution in [0.4, 0.5) is 4.79 Å². The molecule has 2 unspecified atom stereocenters. The Morgan fingerprint density at radius 1 is 1.48 bits per heavy atom. The summed E-state index contributed by atoms with van der Waals surface area (Å²) in [4.78, 5) is 29.0. The van der Waals surface area contributed by atoms with Gasteiger partial charge in [-0.25, -0.2) is 4.79 Å². The number of rotatable bonds is 3. The number of nitrogens with zero attached hydrogens (tertiary/aromatic N) is 2. The lowest BCUT2D eigenvalue weighted by atomic mass is 9.91. The molecule has 6 nitrogen and oxygen atoms in total. The van der Waals surface area contributed by atoms with E-state index >= 15 is 0 Å². The number of piperidine rings is 1. The minimum atomic E-state index is -0.830. The van der Waals surface area contributed by atoms with Gasteiger partial charge in [0, 0.05) is 31.5 Å². The number of amides is 2. The lowest BCUT2D eigenvalue weighted by molar-refractivity contribution is -0.143. The summed E-state index contributed by atoms with van der Waals surface area (Å²) in [5.74, 6) is -1.10. The summed E-state index contributed by atoms with van der Waals surface area (Å²) < 4.78 is 0. The highest BCUT2D eigenvalue weighted by Crippen LogP contribution is 2.21. The number of aromatic nitrogens is 1. The van der Waals surface area contributed by atoms with Crippen molar-refractivity contribution in [3.05, 3.63) is 29.6 Å². The van der Waals surface area contributed by atoms with Gasteiger partial charge >= 0.3 is 12.0 Å². The van der Waals surface area contributed by atoms with Crippen molar-refractivity contribution in [3.63, 3.8) is 0 Å². The maximum absolute atomic E-state index is 12.2. The molecule has 1 aromatic rings. The van der Waals surface area contributed by atoms with Crippen LogP contribution in [-0.2, 0) is 11.3 Å². The summed E-state index contributed by atoms with van der Waals surface area (Å²) in [6.07, 6.45) is 2.34. The number of carboxylic acids is 1. The summed E-state index contributed by atoms with van der Waals surface area (Å²) in [6.45, 7) is 5.17. The molecule has 2 rings (SSSR count). The molecule has 0 bridgehead atoms.